The molecule has 0 aliphatic carbocycles. The van der Waals surface area contributed by atoms with Crippen molar-refractivity contribution < 1.29 is 14.0 Å². The molecule has 4 rings (SSSR count). The van der Waals surface area contributed by atoms with E-state index in [0.717, 1.165) is 24.9 Å². The Bertz CT molecular complexity index is 770. The van der Waals surface area contributed by atoms with Crippen LogP contribution in [0.2, 0.25) is 0 Å². The van der Waals surface area contributed by atoms with E-state index in [0.29, 0.717) is 17.2 Å². The van der Waals surface area contributed by atoms with Crippen molar-refractivity contribution in [2.24, 2.45) is 5.92 Å². The van der Waals surface area contributed by atoms with Crippen LogP contribution in [-0.2, 0) is 0 Å². The van der Waals surface area contributed by atoms with Crippen molar-refractivity contribution in [1.29, 1.82) is 0 Å². The second kappa shape index (κ2) is 5.45. The number of carbonyl (C=O) groups is 2. The quantitative estimate of drug-likeness (QED) is 0.875. The maximum Gasteiger partial charge on any atom is 0.270 e. The molecule has 23 heavy (non-hydrogen) atoms. The van der Waals surface area contributed by atoms with Crippen molar-refractivity contribution in [3.8, 4) is 0 Å². The van der Waals surface area contributed by atoms with E-state index in [-0.39, 0.29) is 23.5 Å². The van der Waals surface area contributed by atoms with Gasteiger partial charge < -0.3 is 14.6 Å². The predicted molar refractivity (Wildman–Crippen MR) is 84.4 cm³/mol. The highest BCUT2D eigenvalue weighted by atomic mass is 16.3. The summed E-state index contributed by atoms with van der Waals surface area (Å²) in [7, 11) is 0. The molecule has 0 aromatic carbocycles. The molecule has 3 unspecified atom stereocenters. The second-order valence-electron chi connectivity index (χ2n) is 6.59. The summed E-state index contributed by atoms with van der Waals surface area (Å²) in [4.78, 5) is 30.4. The van der Waals surface area contributed by atoms with Gasteiger partial charge in [-0.2, -0.15) is 0 Å². The first-order valence-electron chi connectivity index (χ1n) is 8.02. The third-order valence-electron chi connectivity index (χ3n) is 4.79. The minimum absolute atomic E-state index is 0.140. The fourth-order valence-electron chi connectivity index (χ4n) is 3.67. The van der Waals surface area contributed by atoms with Crippen molar-refractivity contribution in [1.82, 2.24) is 15.2 Å². The van der Waals surface area contributed by atoms with E-state index in [4.69, 9.17) is 4.42 Å². The van der Waals surface area contributed by atoms with Crippen molar-refractivity contribution in [3.63, 3.8) is 0 Å². The van der Waals surface area contributed by atoms with E-state index >= 15 is 0 Å². The number of hydrogen-bond acceptors (Lipinski definition) is 5. The average molecular weight is 313 g/mol. The lowest BCUT2D eigenvalue weighted by Crippen LogP contribution is -2.47. The van der Waals surface area contributed by atoms with E-state index < -0.39 is 0 Å². The highest BCUT2D eigenvalue weighted by Gasteiger charge is 2.33. The molecule has 2 bridgehead atoms. The lowest BCUT2D eigenvalue weighted by atomic mass is 9.97. The van der Waals surface area contributed by atoms with Gasteiger partial charge >= 0.3 is 0 Å². The lowest BCUT2D eigenvalue weighted by Gasteiger charge is -2.30. The van der Waals surface area contributed by atoms with Gasteiger partial charge in [-0.15, -0.1) is 0 Å². The number of rotatable bonds is 3. The molecule has 2 aliphatic heterocycles. The van der Waals surface area contributed by atoms with Crippen molar-refractivity contribution in [3.05, 3.63) is 29.8 Å². The maximum atomic E-state index is 12.4. The zero-order chi connectivity index (χ0) is 16.0. The van der Waals surface area contributed by atoms with Gasteiger partial charge in [0, 0.05) is 31.4 Å². The molecule has 6 nitrogen and oxygen atoms in total. The number of amides is 1. The highest BCUT2D eigenvalue weighted by molar-refractivity contribution is 5.99. The van der Waals surface area contributed by atoms with Gasteiger partial charge in [0.1, 0.15) is 5.69 Å². The molecule has 2 aromatic heterocycles. The zero-order valence-electron chi connectivity index (χ0n) is 13.0. The van der Waals surface area contributed by atoms with Crippen LogP contribution in [0.4, 0.5) is 0 Å². The maximum absolute atomic E-state index is 12.4. The summed E-state index contributed by atoms with van der Waals surface area (Å²) in [6.45, 7) is 4.68. The molecule has 4 heterocycles. The van der Waals surface area contributed by atoms with E-state index in [1.807, 2.05) is 0 Å². The van der Waals surface area contributed by atoms with Crippen LogP contribution in [0.1, 0.15) is 40.8 Å². The first kappa shape index (κ1) is 14.4. The normalized spacial score (nSPS) is 26.4. The Balaban J connectivity index is 1.51. The van der Waals surface area contributed by atoms with Crippen molar-refractivity contribution >= 4 is 22.7 Å². The van der Waals surface area contributed by atoms with E-state index in [1.54, 1.807) is 12.1 Å². The molecule has 120 valence electrons. The summed E-state index contributed by atoms with van der Waals surface area (Å²) in [5.74, 6) is 0.691. The van der Waals surface area contributed by atoms with Crippen LogP contribution in [0.5, 0.6) is 0 Å². The summed E-state index contributed by atoms with van der Waals surface area (Å²) in [6, 6.07) is 3.53. The second-order valence-corrected chi connectivity index (χ2v) is 6.59. The average Bonchev–Trinajstić information content (AvgIpc) is 3.09. The number of pyridine rings is 1. The number of fused-ring (bicyclic) bond motifs is 3. The Labute approximate surface area is 133 Å². The van der Waals surface area contributed by atoms with Gasteiger partial charge in [0.25, 0.3) is 5.91 Å². The van der Waals surface area contributed by atoms with E-state index in [9.17, 15) is 9.59 Å². The van der Waals surface area contributed by atoms with Crippen LogP contribution in [0, 0.1) is 5.92 Å². The number of carbonyl (C=O) groups excluding carboxylic acids is 2. The van der Waals surface area contributed by atoms with Gasteiger partial charge in [-0.3, -0.25) is 9.59 Å². The van der Waals surface area contributed by atoms with Crippen LogP contribution in [0.3, 0.4) is 0 Å². The lowest BCUT2D eigenvalue weighted by molar-refractivity contribution is 0.0903. The minimum Gasteiger partial charge on any atom is -0.451 e. The van der Waals surface area contributed by atoms with Gasteiger partial charge in [-0.25, -0.2) is 4.98 Å². The molecular weight excluding hydrogens is 294 g/mol. The Kier molecular flexibility index (Phi) is 3.41. The topological polar surface area (TPSA) is 75.4 Å². The molecule has 1 N–H and O–H groups in total. The van der Waals surface area contributed by atoms with Crippen LogP contribution in [-0.4, -0.2) is 47.3 Å². The molecule has 6 heteroatoms. The Morgan fingerprint density at radius 3 is 3.00 bits per heavy atom. The number of piperidine rings is 1. The smallest absolute Gasteiger partial charge is 0.270 e. The summed E-state index contributed by atoms with van der Waals surface area (Å²) in [5.41, 5.74) is 0.884. The largest absolute Gasteiger partial charge is 0.451 e. The molecule has 2 fully saturated rings. The van der Waals surface area contributed by atoms with Crippen molar-refractivity contribution in [2.75, 3.05) is 19.6 Å². The van der Waals surface area contributed by atoms with E-state index in [1.165, 1.54) is 26.1 Å². The Morgan fingerprint density at radius 2 is 2.22 bits per heavy atom. The number of nitrogens with one attached hydrogen (secondary N) is 1. The molecule has 2 aromatic rings. The van der Waals surface area contributed by atoms with Crippen LogP contribution in [0.25, 0.3) is 11.0 Å². The molecular formula is C17H19N3O3. The molecule has 0 spiro atoms. The van der Waals surface area contributed by atoms with Crippen LogP contribution in [0.15, 0.2) is 22.7 Å². The molecule has 0 radical (unpaired) electrons. The van der Waals surface area contributed by atoms with Gasteiger partial charge in [-0.05, 0) is 37.4 Å². The fourth-order valence-corrected chi connectivity index (χ4v) is 3.67. The van der Waals surface area contributed by atoms with E-state index in [2.05, 4.69) is 15.2 Å². The van der Waals surface area contributed by atoms with Crippen LogP contribution < -0.4 is 5.32 Å². The van der Waals surface area contributed by atoms with Gasteiger partial charge in [0.2, 0.25) is 0 Å². The van der Waals surface area contributed by atoms with Gasteiger partial charge in [0.15, 0.2) is 17.1 Å². The molecule has 1 amide bonds. The number of hydrogen-bond donors (Lipinski definition) is 1. The minimum atomic E-state index is -0.162. The van der Waals surface area contributed by atoms with Gasteiger partial charge in [-0.1, -0.05) is 0 Å². The standard InChI is InChI=1S/C17H19N3O3/c1-10(21)15-6-12-5-14(18-7-16(12)23-15)17(22)19-13-4-11-2-3-20(8-11)9-13/h5-7,11,13H,2-4,8-9H2,1H3,(H,19,22). The first-order valence-corrected chi connectivity index (χ1v) is 8.02. The SMILES string of the molecule is CC(=O)c1cc2cc(C(=O)NC3CC4CCN(C4)C3)ncc2o1. The molecule has 2 saturated heterocycles. The molecule has 2 aliphatic rings. The Morgan fingerprint density at radius 1 is 1.35 bits per heavy atom. The van der Waals surface area contributed by atoms with Crippen LogP contribution >= 0.6 is 0 Å². The highest BCUT2D eigenvalue weighted by Crippen LogP contribution is 2.27. The van der Waals surface area contributed by atoms with Gasteiger partial charge in [0.05, 0.1) is 6.20 Å². The Hall–Kier alpha value is -2.21. The summed E-state index contributed by atoms with van der Waals surface area (Å²) in [6.07, 6.45) is 3.79. The number of furan rings is 1. The number of aromatic nitrogens is 1. The fraction of sp³-hybridized carbons (Fsp3) is 0.471. The summed E-state index contributed by atoms with van der Waals surface area (Å²) >= 11 is 0. The zero-order valence-corrected chi connectivity index (χ0v) is 13.0. The summed E-state index contributed by atoms with van der Waals surface area (Å²) in [5, 5.41) is 3.81. The molecule has 0 saturated carbocycles. The molecule has 3 atom stereocenters. The third-order valence-corrected chi connectivity index (χ3v) is 4.79. The summed E-state index contributed by atoms with van der Waals surface area (Å²) < 4.78 is 5.40. The van der Waals surface area contributed by atoms with Crippen molar-refractivity contribution in [2.45, 2.75) is 25.8 Å². The first-order chi connectivity index (χ1) is 11.1. The monoisotopic (exact) mass is 313 g/mol. The third kappa shape index (κ3) is 2.74. The predicted octanol–water partition coefficient (Wildman–Crippen LogP) is 1.85. The number of Topliss-reactive ketones (excluding diaryl/α,β-unsaturated/α-hetero) is 1. The number of nitrogens with zero attached hydrogens (tertiary/aromatic N) is 2. The number of ketones is 1.